The van der Waals surface area contributed by atoms with Crippen molar-refractivity contribution >= 4 is 10.0 Å². The molecule has 1 unspecified atom stereocenters. The third kappa shape index (κ3) is 3.41. The maximum absolute atomic E-state index is 11.9. The molecule has 5 nitrogen and oxygen atoms in total. The van der Waals surface area contributed by atoms with Crippen LogP contribution in [0.15, 0.2) is 0 Å². The number of rotatable bonds is 5. The number of morpholine rings is 1. The van der Waals surface area contributed by atoms with E-state index in [1.165, 1.54) is 0 Å². The predicted molar refractivity (Wildman–Crippen MR) is 59.1 cm³/mol. The summed E-state index contributed by atoms with van der Waals surface area (Å²) < 4.78 is 30.7. The average molecular weight is 236 g/mol. The van der Waals surface area contributed by atoms with E-state index in [0.717, 1.165) is 6.42 Å². The Kier molecular flexibility index (Phi) is 4.98. The molecule has 0 radical (unpaired) electrons. The summed E-state index contributed by atoms with van der Waals surface area (Å²) in [5, 5.41) is 0. The van der Waals surface area contributed by atoms with E-state index < -0.39 is 10.0 Å². The molecule has 0 aromatic rings. The minimum Gasteiger partial charge on any atom is -0.378 e. The number of hydrogen-bond donors (Lipinski definition) is 1. The Hall–Kier alpha value is -0.170. The van der Waals surface area contributed by atoms with Gasteiger partial charge in [0, 0.05) is 12.6 Å². The molecular formula is C9H20N2O3S. The van der Waals surface area contributed by atoms with Crippen molar-refractivity contribution in [1.82, 2.24) is 4.31 Å². The van der Waals surface area contributed by atoms with Crippen molar-refractivity contribution in [1.29, 1.82) is 0 Å². The Labute approximate surface area is 91.6 Å². The molecule has 90 valence electrons. The van der Waals surface area contributed by atoms with Crippen molar-refractivity contribution in [2.75, 3.05) is 32.1 Å². The van der Waals surface area contributed by atoms with Crippen LogP contribution in [-0.4, -0.2) is 50.8 Å². The number of hydrogen-bond acceptors (Lipinski definition) is 4. The smallest absolute Gasteiger partial charge is 0.214 e. The van der Waals surface area contributed by atoms with Gasteiger partial charge in [-0.1, -0.05) is 6.92 Å². The molecule has 2 N–H and O–H groups in total. The second-order valence-corrected chi connectivity index (χ2v) is 5.75. The van der Waals surface area contributed by atoms with Crippen molar-refractivity contribution in [3.05, 3.63) is 0 Å². The zero-order chi connectivity index (χ0) is 11.3. The van der Waals surface area contributed by atoms with Crippen LogP contribution in [0.25, 0.3) is 0 Å². The first-order chi connectivity index (χ1) is 7.11. The molecular weight excluding hydrogens is 216 g/mol. The first-order valence-corrected chi connectivity index (χ1v) is 7.00. The SMILES string of the molecule is CCC1COCCN1S(=O)(=O)CCCN. The summed E-state index contributed by atoms with van der Waals surface area (Å²) in [5.41, 5.74) is 5.32. The summed E-state index contributed by atoms with van der Waals surface area (Å²) in [7, 11) is -3.13. The van der Waals surface area contributed by atoms with E-state index in [2.05, 4.69) is 0 Å². The third-order valence-corrected chi connectivity index (χ3v) is 4.61. The predicted octanol–water partition coefficient (Wildman–Crippen LogP) is -0.224. The highest BCUT2D eigenvalue weighted by Gasteiger charge is 2.30. The van der Waals surface area contributed by atoms with E-state index in [1.54, 1.807) is 4.31 Å². The van der Waals surface area contributed by atoms with Crippen LogP contribution in [0.2, 0.25) is 0 Å². The van der Waals surface area contributed by atoms with Crippen LogP contribution >= 0.6 is 0 Å². The minimum absolute atomic E-state index is 0.00141. The molecule has 0 aromatic carbocycles. The fraction of sp³-hybridized carbons (Fsp3) is 1.00. The molecule has 1 heterocycles. The Bertz CT molecular complexity index is 279. The lowest BCUT2D eigenvalue weighted by Crippen LogP contribution is -2.49. The van der Waals surface area contributed by atoms with Crippen LogP contribution in [0.1, 0.15) is 19.8 Å². The zero-order valence-corrected chi connectivity index (χ0v) is 10.0. The summed E-state index contributed by atoms with van der Waals surface area (Å²) in [6, 6.07) is 0.00141. The number of nitrogens with two attached hydrogens (primary N) is 1. The summed E-state index contributed by atoms with van der Waals surface area (Å²) >= 11 is 0. The van der Waals surface area contributed by atoms with Gasteiger partial charge in [-0.05, 0) is 19.4 Å². The van der Waals surface area contributed by atoms with Crippen LogP contribution < -0.4 is 5.73 Å². The van der Waals surface area contributed by atoms with Crippen LogP contribution in [0.3, 0.4) is 0 Å². The van der Waals surface area contributed by atoms with Crippen LogP contribution in [-0.2, 0) is 14.8 Å². The largest absolute Gasteiger partial charge is 0.378 e. The summed E-state index contributed by atoms with van der Waals surface area (Å²) in [5.74, 6) is 0.153. The van der Waals surface area contributed by atoms with Crippen LogP contribution in [0.5, 0.6) is 0 Å². The highest BCUT2D eigenvalue weighted by molar-refractivity contribution is 7.89. The van der Waals surface area contributed by atoms with Gasteiger partial charge in [-0.3, -0.25) is 0 Å². The first-order valence-electron chi connectivity index (χ1n) is 5.39. The van der Waals surface area contributed by atoms with Gasteiger partial charge in [0.15, 0.2) is 0 Å². The Morgan fingerprint density at radius 1 is 1.53 bits per heavy atom. The molecule has 0 amide bonds. The molecule has 0 bridgehead atoms. The molecule has 1 aliphatic rings. The molecule has 0 aromatic heterocycles. The summed E-state index contributed by atoms with van der Waals surface area (Å²) in [6.45, 7) is 3.88. The number of sulfonamides is 1. The standard InChI is InChI=1S/C9H20N2O3S/c1-2-9-8-14-6-5-11(9)15(12,13)7-3-4-10/h9H,2-8,10H2,1H3. The van der Waals surface area contributed by atoms with Gasteiger partial charge in [0.2, 0.25) is 10.0 Å². The van der Waals surface area contributed by atoms with Gasteiger partial charge in [0.1, 0.15) is 0 Å². The molecule has 6 heteroatoms. The highest BCUT2D eigenvalue weighted by Crippen LogP contribution is 2.15. The van der Waals surface area contributed by atoms with Gasteiger partial charge < -0.3 is 10.5 Å². The van der Waals surface area contributed by atoms with Gasteiger partial charge in [0.25, 0.3) is 0 Å². The molecule has 1 rings (SSSR count). The van der Waals surface area contributed by atoms with Crippen molar-refractivity contribution in [2.45, 2.75) is 25.8 Å². The fourth-order valence-corrected chi connectivity index (χ4v) is 3.49. The Morgan fingerprint density at radius 3 is 2.87 bits per heavy atom. The van der Waals surface area contributed by atoms with Crippen molar-refractivity contribution < 1.29 is 13.2 Å². The Balaban J connectivity index is 2.65. The highest BCUT2D eigenvalue weighted by atomic mass is 32.2. The molecule has 1 saturated heterocycles. The quantitative estimate of drug-likeness (QED) is 0.716. The lowest BCUT2D eigenvalue weighted by Gasteiger charge is -2.33. The maximum atomic E-state index is 11.9. The van der Waals surface area contributed by atoms with E-state index in [-0.39, 0.29) is 11.8 Å². The van der Waals surface area contributed by atoms with E-state index >= 15 is 0 Å². The maximum Gasteiger partial charge on any atom is 0.214 e. The van der Waals surface area contributed by atoms with Gasteiger partial charge in [-0.2, -0.15) is 4.31 Å². The molecule has 1 fully saturated rings. The monoisotopic (exact) mass is 236 g/mol. The van der Waals surface area contributed by atoms with Crippen molar-refractivity contribution in [3.63, 3.8) is 0 Å². The zero-order valence-electron chi connectivity index (χ0n) is 9.18. The number of ether oxygens (including phenoxy) is 1. The van der Waals surface area contributed by atoms with Gasteiger partial charge in [-0.25, -0.2) is 8.42 Å². The lowest BCUT2D eigenvalue weighted by molar-refractivity contribution is 0.0314. The topological polar surface area (TPSA) is 72.6 Å². The summed E-state index contributed by atoms with van der Waals surface area (Å²) in [4.78, 5) is 0. The van der Waals surface area contributed by atoms with Crippen molar-refractivity contribution in [2.24, 2.45) is 5.73 Å². The third-order valence-electron chi connectivity index (χ3n) is 2.61. The van der Waals surface area contributed by atoms with Crippen LogP contribution in [0.4, 0.5) is 0 Å². The molecule has 1 atom stereocenters. The van der Waals surface area contributed by atoms with Gasteiger partial charge in [-0.15, -0.1) is 0 Å². The second kappa shape index (κ2) is 5.79. The average Bonchev–Trinajstić information content (AvgIpc) is 2.26. The minimum atomic E-state index is -3.13. The van der Waals surface area contributed by atoms with Gasteiger partial charge >= 0.3 is 0 Å². The van der Waals surface area contributed by atoms with E-state index in [1.807, 2.05) is 6.92 Å². The Morgan fingerprint density at radius 2 is 2.27 bits per heavy atom. The van der Waals surface area contributed by atoms with Gasteiger partial charge in [0.05, 0.1) is 19.0 Å². The molecule has 0 saturated carbocycles. The molecule has 0 aliphatic carbocycles. The van der Waals surface area contributed by atoms with E-state index in [0.29, 0.717) is 32.7 Å². The molecule has 15 heavy (non-hydrogen) atoms. The molecule has 0 spiro atoms. The normalized spacial score (nSPS) is 24.3. The second-order valence-electron chi connectivity index (χ2n) is 3.71. The van der Waals surface area contributed by atoms with E-state index in [9.17, 15) is 8.42 Å². The molecule has 1 aliphatic heterocycles. The number of nitrogens with zero attached hydrogens (tertiary/aromatic N) is 1. The van der Waals surface area contributed by atoms with Crippen molar-refractivity contribution in [3.8, 4) is 0 Å². The fourth-order valence-electron chi connectivity index (χ4n) is 1.71. The summed E-state index contributed by atoms with van der Waals surface area (Å²) in [6.07, 6.45) is 1.32. The van der Waals surface area contributed by atoms with Crippen LogP contribution in [0, 0.1) is 0 Å². The lowest BCUT2D eigenvalue weighted by atomic mass is 10.2. The van der Waals surface area contributed by atoms with E-state index in [4.69, 9.17) is 10.5 Å². The first kappa shape index (κ1) is 12.9.